The zero-order valence-electron chi connectivity index (χ0n) is 14.8. The first-order chi connectivity index (χ1) is 12.4. The van der Waals surface area contributed by atoms with Crippen LogP contribution in [0.3, 0.4) is 0 Å². The molecule has 10 heteroatoms. The van der Waals surface area contributed by atoms with E-state index in [-0.39, 0.29) is 24.3 Å². The van der Waals surface area contributed by atoms with E-state index in [9.17, 15) is 9.59 Å². The van der Waals surface area contributed by atoms with Gasteiger partial charge in [0.15, 0.2) is 18.3 Å². The van der Waals surface area contributed by atoms with Crippen molar-refractivity contribution >= 4 is 11.8 Å². The summed E-state index contributed by atoms with van der Waals surface area (Å²) in [6.45, 7) is 5.42. The van der Waals surface area contributed by atoms with Crippen molar-refractivity contribution in [3.05, 3.63) is 22.7 Å². The minimum Gasteiger partial charge on any atom is -0.463 e. The molecule has 144 valence electrons. The van der Waals surface area contributed by atoms with Crippen LogP contribution in [0.5, 0.6) is 0 Å². The topological polar surface area (TPSA) is 121 Å². The highest BCUT2D eigenvalue weighted by Crippen LogP contribution is 2.39. The Morgan fingerprint density at radius 3 is 2.73 bits per heavy atom. The first-order valence-electron chi connectivity index (χ1n) is 8.57. The average molecular weight is 369 g/mol. The van der Waals surface area contributed by atoms with Gasteiger partial charge in [-0.15, -0.1) is 0 Å². The van der Waals surface area contributed by atoms with Gasteiger partial charge in [-0.2, -0.15) is 4.98 Å². The Bertz CT molecular complexity index is 707. The van der Waals surface area contributed by atoms with Crippen molar-refractivity contribution in [1.29, 1.82) is 0 Å². The summed E-state index contributed by atoms with van der Waals surface area (Å²) in [4.78, 5) is 27.7. The second-order valence-electron chi connectivity index (χ2n) is 6.50. The van der Waals surface area contributed by atoms with E-state index < -0.39 is 36.5 Å². The molecule has 1 aromatic rings. The van der Waals surface area contributed by atoms with Gasteiger partial charge in [-0.3, -0.25) is 20.0 Å². The van der Waals surface area contributed by atoms with Gasteiger partial charge in [-0.05, 0) is 12.5 Å². The maximum atomic E-state index is 12.2. The van der Waals surface area contributed by atoms with Crippen LogP contribution in [0.2, 0.25) is 0 Å². The molecule has 0 spiro atoms. The fourth-order valence-corrected chi connectivity index (χ4v) is 2.95. The van der Waals surface area contributed by atoms with Crippen LogP contribution in [0.25, 0.3) is 0 Å². The second kappa shape index (κ2) is 7.70. The number of rotatable bonds is 6. The number of ether oxygens (including phenoxy) is 4. The number of carbonyl (C=O) groups is 1. The number of carbonyl (C=O) groups excluding carboxylic acids is 1. The van der Waals surface area contributed by atoms with E-state index in [2.05, 4.69) is 4.98 Å². The van der Waals surface area contributed by atoms with Crippen LogP contribution < -0.4 is 11.2 Å². The van der Waals surface area contributed by atoms with Crippen molar-refractivity contribution in [2.45, 2.75) is 58.0 Å². The van der Waals surface area contributed by atoms with Gasteiger partial charge in [-0.1, -0.05) is 20.8 Å². The number of esters is 1. The number of hydrogen-bond acceptors (Lipinski definition) is 9. The maximum absolute atomic E-state index is 12.2. The fourth-order valence-electron chi connectivity index (χ4n) is 2.95. The summed E-state index contributed by atoms with van der Waals surface area (Å²) in [6.07, 6.45) is -0.664. The van der Waals surface area contributed by atoms with Crippen molar-refractivity contribution in [2.24, 2.45) is 5.92 Å². The summed E-state index contributed by atoms with van der Waals surface area (Å²) < 4.78 is 24.1. The van der Waals surface area contributed by atoms with E-state index in [4.69, 9.17) is 24.2 Å². The van der Waals surface area contributed by atoms with Crippen molar-refractivity contribution in [1.82, 2.24) is 9.55 Å². The van der Waals surface area contributed by atoms with Crippen molar-refractivity contribution in [3.63, 3.8) is 0 Å². The molecular formula is C16H23N3O7. The van der Waals surface area contributed by atoms with E-state index >= 15 is 0 Å². The maximum Gasteiger partial charge on any atom is 0.351 e. The van der Waals surface area contributed by atoms with Crippen LogP contribution in [0, 0.1) is 5.92 Å². The predicted octanol–water partition coefficient (Wildman–Crippen LogP) is 0.661. The van der Waals surface area contributed by atoms with Crippen molar-refractivity contribution < 1.29 is 28.9 Å². The molecule has 1 aromatic heterocycles. The molecule has 0 bridgehead atoms. The van der Waals surface area contributed by atoms with Crippen molar-refractivity contribution in [3.8, 4) is 0 Å². The quantitative estimate of drug-likeness (QED) is 0.550. The Labute approximate surface area is 150 Å². The van der Waals surface area contributed by atoms with Gasteiger partial charge >= 0.3 is 11.7 Å². The Kier molecular flexibility index (Phi) is 5.56. The third kappa shape index (κ3) is 3.58. The Morgan fingerprint density at radius 1 is 1.38 bits per heavy atom. The van der Waals surface area contributed by atoms with E-state index in [1.165, 1.54) is 16.8 Å². The fraction of sp³-hybridized carbons (Fsp3) is 0.688. The van der Waals surface area contributed by atoms with Gasteiger partial charge in [0.05, 0.1) is 5.92 Å². The molecule has 3 rings (SSSR count). The number of hydrogen-bond donors (Lipinski definition) is 2. The molecule has 2 aliphatic rings. The standard InChI is InChI=1S/C16H23N3O7/c1-4-11-25-12-9(7-23-15(20)8(2)3)24-14(13(12)26-11)19-6-5-10(18-22)17-16(19)21/h5-6,8-9,11-14,22H,4,7H2,1-3H3,(H,17,18,21)/t9-,11?,12-,13-,14-/m1/s1. The van der Waals surface area contributed by atoms with Gasteiger partial charge in [0.1, 0.15) is 24.9 Å². The molecule has 5 atom stereocenters. The molecule has 0 amide bonds. The lowest BCUT2D eigenvalue weighted by molar-refractivity contribution is -0.168. The number of nitrogens with zero attached hydrogens (tertiary/aromatic N) is 2. The largest absolute Gasteiger partial charge is 0.463 e. The molecule has 0 radical (unpaired) electrons. The van der Waals surface area contributed by atoms with E-state index in [0.717, 1.165) is 0 Å². The highest BCUT2D eigenvalue weighted by Gasteiger charge is 2.53. The first-order valence-corrected chi connectivity index (χ1v) is 8.57. The molecular weight excluding hydrogens is 346 g/mol. The molecule has 0 aliphatic carbocycles. The average Bonchev–Trinajstić information content (AvgIpc) is 3.18. The number of anilines is 1. The first kappa shape index (κ1) is 18.8. The van der Waals surface area contributed by atoms with Crippen LogP contribution in [0.4, 0.5) is 5.82 Å². The molecule has 2 saturated heterocycles. The summed E-state index contributed by atoms with van der Waals surface area (Å²) in [5, 5.41) is 8.86. The number of fused-ring (bicyclic) bond motifs is 1. The van der Waals surface area contributed by atoms with E-state index in [1.54, 1.807) is 13.8 Å². The van der Waals surface area contributed by atoms with E-state index in [0.29, 0.717) is 6.42 Å². The van der Waals surface area contributed by atoms with Gasteiger partial charge in [0, 0.05) is 6.20 Å². The molecule has 3 heterocycles. The molecule has 2 fully saturated rings. The molecule has 10 nitrogen and oxygen atoms in total. The zero-order chi connectivity index (χ0) is 18.8. The third-order valence-corrected chi connectivity index (χ3v) is 4.32. The zero-order valence-corrected chi connectivity index (χ0v) is 14.8. The van der Waals surface area contributed by atoms with Gasteiger partial charge < -0.3 is 18.9 Å². The van der Waals surface area contributed by atoms with E-state index in [1.807, 2.05) is 12.4 Å². The van der Waals surface area contributed by atoms with Crippen molar-refractivity contribution in [2.75, 3.05) is 12.1 Å². The predicted molar refractivity (Wildman–Crippen MR) is 87.4 cm³/mol. The number of nitrogens with one attached hydrogen (secondary N) is 1. The Morgan fingerprint density at radius 2 is 2.12 bits per heavy atom. The molecule has 2 N–H and O–H groups in total. The lowest BCUT2D eigenvalue weighted by Crippen LogP contribution is -2.34. The molecule has 1 unspecified atom stereocenters. The summed E-state index contributed by atoms with van der Waals surface area (Å²) in [5.41, 5.74) is 1.21. The molecule has 0 saturated carbocycles. The van der Waals surface area contributed by atoms with Crippen LogP contribution in [-0.2, 0) is 23.7 Å². The van der Waals surface area contributed by atoms with Crippen LogP contribution in [-0.4, -0.2) is 51.9 Å². The summed E-state index contributed by atoms with van der Waals surface area (Å²) >= 11 is 0. The highest BCUT2D eigenvalue weighted by molar-refractivity contribution is 5.71. The Hall–Kier alpha value is -2.01. The highest BCUT2D eigenvalue weighted by atomic mass is 16.8. The smallest absolute Gasteiger partial charge is 0.351 e. The van der Waals surface area contributed by atoms with Gasteiger partial charge in [0.25, 0.3) is 0 Å². The summed E-state index contributed by atoms with van der Waals surface area (Å²) in [6, 6.07) is 1.43. The monoisotopic (exact) mass is 369 g/mol. The lowest BCUT2D eigenvalue weighted by Gasteiger charge is -2.21. The van der Waals surface area contributed by atoms with Crippen LogP contribution >= 0.6 is 0 Å². The minimum atomic E-state index is -0.771. The third-order valence-electron chi connectivity index (χ3n) is 4.32. The SMILES string of the molecule is CCC1O[C@@H]2[C@H](O1)[C@@H](COC(=O)C(C)C)O[C@H]2n1ccc(NO)nc1=O. The summed E-state index contributed by atoms with van der Waals surface area (Å²) in [7, 11) is 0. The Balaban J connectivity index is 1.80. The summed E-state index contributed by atoms with van der Waals surface area (Å²) in [5.74, 6) is -0.563. The molecule has 0 aromatic carbocycles. The van der Waals surface area contributed by atoms with Crippen LogP contribution in [0.1, 0.15) is 33.4 Å². The molecule has 26 heavy (non-hydrogen) atoms. The van der Waals surface area contributed by atoms with Gasteiger partial charge in [0.2, 0.25) is 0 Å². The molecule has 2 aliphatic heterocycles. The van der Waals surface area contributed by atoms with Gasteiger partial charge in [-0.25, -0.2) is 4.79 Å². The second-order valence-corrected chi connectivity index (χ2v) is 6.50. The normalized spacial score (nSPS) is 30.4. The minimum absolute atomic E-state index is 0.00688. The van der Waals surface area contributed by atoms with Crippen LogP contribution in [0.15, 0.2) is 17.1 Å². The lowest BCUT2D eigenvalue weighted by atomic mass is 10.1. The number of aromatic nitrogens is 2.